The molecule has 2 heterocycles. The highest BCUT2D eigenvalue weighted by atomic mass is 32.2. The van der Waals surface area contributed by atoms with Gasteiger partial charge >= 0.3 is 0 Å². The molecule has 2 aliphatic rings. The Balaban J connectivity index is 1.41. The van der Waals surface area contributed by atoms with Crippen LogP contribution in [0.1, 0.15) is 19.3 Å². The zero-order valence-electron chi connectivity index (χ0n) is 14.1. The molecule has 25 heavy (non-hydrogen) atoms. The fraction of sp³-hybridized carbons (Fsp3) is 0.588. The quantitative estimate of drug-likeness (QED) is 0.809. The Hall–Kier alpha value is -1.48. The molecular formula is C17H24N2O5S. The maximum Gasteiger partial charge on any atom is 0.240 e. The van der Waals surface area contributed by atoms with Gasteiger partial charge in [0.25, 0.3) is 0 Å². The number of carbonyl (C=O) groups excluding carboxylic acids is 1. The minimum atomic E-state index is -3.56. The van der Waals surface area contributed by atoms with Crippen LogP contribution < -0.4 is 4.72 Å². The van der Waals surface area contributed by atoms with Gasteiger partial charge in [-0.15, -0.1) is 0 Å². The fourth-order valence-corrected chi connectivity index (χ4v) is 4.26. The van der Waals surface area contributed by atoms with Crippen LogP contribution in [0.5, 0.6) is 0 Å². The Labute approximate surface area is 148 Å². The lowest BCUT2D eigenvalue weighted by Crippen LogP contribution is -2.42. The highest BCUT2D eigenvalue weighted by Crippen LogP contribution is 2.26. The highest BCUT2D eigenvalue weighted by molar-refractivity contribution is 7.89. The molecule has 0 aromatic heterocycles. The number of nitrogens with one attached hydrogen (secondary N) is 1. The van der Waals surface area contributed by atoms with E-state index in [0.717, 1.165) is 12.8 Å². The number of hydrogen-bond donors (Lipinski definition) is 1. The minimum absolute atomic E-state index is 0.0255. The third kappa shape index (κ3) is 4.78. The van der Waals surface area contributed by atoms with Gasteiger partial charge in [-0.25, -0.2) is 13.1 Å². The molecule has 1 aromatic carbocycles. The number of ether oxygens (including phenoxy) is 2. The van der Waals surface area contributed by atoms with E-state index in [1.54, 1.807) is 23.1 Å². The third-order valence-electron chi connectivity index (χ3n) is 4.61. The van der Waals surface area contributed by atoms with Crippen molar-refractivity contribution in [3.05, 3.63) is 30.3 Å². The Morgan fingerprint density at radius 2 is 1.76 bits per heavy atom. The van der Waals surface area contributed by atoms with Crippen LogP contribution in [-0.4, -0.2) is 58.4 Å². The molecule has 2 saturated heterocycles. The maximum atomic E-state index is 12.3. The van der Waals surface area contributed by atoms with E-state index in [1.165, 1.54) is 12.1 Å². The Morgan fingerprint density at radius 3 is 2.40 bits per heavy atom. The van der Waals surface area contributed by atoms with Crippen molar-refractivity contribution in [2.75, 3.05) is 32.8 Å². The molecule has 0 radical (unpaired) electrons. The van der Waals surface area contributed by atoms with Gasteiger partial charge in [0.1, 0.15) is 0 Å². The van der Waals surface area contributed by atoms with E-state index in [1.807, 2.05) is 0 Å². The van der Waals surface area contributed by atoms with Gasteiger partial charge in [-0.05, 0) is 25.0 Å². The first kappa shape index (κ1) is 18.3. The van der Waals surface area contributed by atoms with E-state index in [2.05, 4.69) is 4.72 Å². The van der Waals surface area contributed by atoms with Crippen LogP contribution in [0.4, 0.5) is 0 Å². The number of nitrogens with zero attached hydrogens (tertiary/aromatic N) is 1. The van der Waals surface area contributed by atoms with Crippen LogP contribution in [0.2, 0.25) is 0 Å². The topological polar surface area (TPSA) is 84.9 Å². The van der Waals surface area contributed by atoms with Crippen LogP contribution in [0, 0.1) is 5.92 Å². The van der Waals surface area contributed by atoms with Gasteiger partial charge in [0.15, 0.2) is 6.29 Å². The summed E-state index contributed by atoms with van der Waals surface area (Å²) >= 11 is 0. The second-order valence-electron chi connectivity index (χ2n) is 6.29. The van der Waals surface area contributed by atoms with E-state index >= 15 is 0 Å². The average Bonchev–Trinajstić information content (AvgIpc) is 3.17. The smallest absolute Gasteiger partial charge is 0.240 e. The number of rotatable bonds is 6. The summed E-state index contributed by atoms with van der Waals surface area (Å²) in [5.41, 5.74) is 0. The van der Waals surface area contributed by atoms with Gasteiger partial charge in [0.2, 0.25) is 15.9 Å². The van der Waals surface area contributed by atoms with E-state index in [0.29, 0.717) is 32.2 Å². The van der Waals surface area contributed by atoms with Crippen molar-refractivity contribution in [1.82, 2.24) is 9.62 Å². The number of carbonyl (C=O) groups is 1. The van der Waals surface area contributed by atoms with Crippen LogP contribution in [0.15, 0.2) is 35.2 Å². The standard InChI is InChI=1S/C17H24N2O5S/c20-16(6-9-18-25(21,22)15-4-2-1-3-5-15)19-10-7-14(8-11-19)17-23-12-13-24-17/h1-5,14,17-18H,6-13H2. The molecule has 1 amide bonds. The molecule has 0 atom stereocenters. The summed E-state index contributed by atoms with van der Waals surface area (Å²) in [6, 6.07) is 8.15. The summed E-state index contributed by atoms with van der Waals surface area (Å²) < 4.78 is 37.8. The van der Waals surface area contributed by atoms with Crippen LogP contribution >= 0.6 is 0 Å². The molecule has 2 fully saturated rings. The Kier molecular flexibility index (Phi) is 6.06. The van der Waals surface area contributed by atoms with Gasteiger partial charge < -0.3 is 14.4 Å². The molecule has 138 valence electrons. The average molecular weight is 368 g/mol. The predicted molar refractivity (Wildman–Crippen MR) is 91.2 cm³/mol. The van der Waals surface area contributed by atoms with Crippen molar-refractivity contribution in [2.45, 2.75) is 30.4 Å². The third-order valence-corrected chi connectivity index (χ3v) is 6.09. The lowest BCUT2D eigenvalue weighted by Gasteiger charge is -2.33. The summed E-state index contributed by atoms with van der Waals surface area (Å²) in [5, 5.41) is 0. The van der Waals surface area contributed by atoms with E-state index in [-0.39, 0.29) is 30.1 Å². The normalized spacial score (nSPS) is 20.1. The first-order valence-electron chi connectivity index (χ1n) is 8.62. The maximum absolute atomic E-state index is 12.3. The van der Waals surface area contributed by atoms with Crippen LogP contribution in [0.25, 0.3) is 0 Å². The van der Waals surface area contributed by atoms with E-state index in [4.69, 9.17) is 9.47 Å². The van der Waals surface area contributed by atoms with Gasteiger partial charge in [0.05, 0.1) is 18.1 Å². The van der Waals surface area contributed by atoms with Gasteiger partial charge in [0, 0.05) is 32.0 Å². The fourth-order valence-electron chi connectivity index (χ4n) is 3.20. The van der Waals surface area contributed by atoms with E-state index in [9.17, 15) is 13.2 Å². The van der Waals surface area contributed by atoms with Gasteiger partial charge in [-0.1, -0.05) is 18.2 Å². The molecule has 0 aliphatic carbocycles. The van der Waals surface area contributed by atoms with Crippen molar-refractivity contribution >= 4 is 15.9 Å². The molecule has 1 aromatic rings. The van der Waals surface area contributed by atoms with Crippen molar-refractivity contribution in [2.24, 2.45) is 5.92 Å². The zero-order valence-corrected chi connectivity index (χ0v) is 14.9. The number of hydrogen-bond acceptors (Lipinski definition) is 5. The summed E-state index contributed by atoms with van der Waals surface area (Å²) in [5.74, 6) is 0.311. The van der Waals surface area contributed by atoms with Crippen molar-refractivity contribution in [3.63, 3.8) is 0 Å². The second kappa shape index (κ2) is 8.27. The van der Waals surface area contributed by atoms with Crippen LogP contribution in [-0.2, 0) is 24.3 Å². The lowest BCUT2D eigenvalue weighted by atomic mass is 9.96. The molecule has 2 aliphatic heterocycles. The second-order valence-corrected chi connectivity index (χ2v) is 8.06. The van der Waals surface area contributed by atoms with Crippen LogP contribution in [0.3, 0.4) is 0 Å². The Morgan fingerprint density at radius 1 is 1.12 bits per heavy atom. The molecule has 8 heteroatoms. The summed E-state index contributed by atoms with van der Waals surface area (Å²) in [6.45, 7) is 2.72. The molecule has 1 N–H and O–H groups in total. The summed E-state index contributed by atoms with van der Waals surface area (Å²) in [4.78, 5) is 14.3. The molecule has 0 bridgehead atoms. The largest absolute Gasteiger partial charge is 0.350 e. The molecule has 7 nitrogen and oxygen atoms in total. The van der Waals surface area contributed by atoms with E-state index < -0.39 is 10.0 Å². The monoisotopic (exact) mass is 368 g/mol. The molecule has 3 rings (SSSR count). The molecule has 0 unspecified atom stereocenters. The Bertz CT molecular complexity index is 666. The summed E-state index contributed by atoms with van der Waals surface area (Å²) in [7, 11) is -3.56. The lowest BCUT2D eigenvalue weighted by molar-refractivity contribution is -0.136. The first-order chi connectivity index (χ1) is 12.1. The molecule has 0 saturated carbocycles. The molecule has 0 spiro atoms. The number of sulfonamides is 1. The zero-order chi connectivity index (χ0) is 17.7. The molecular weight excluding hydrogens is 344 g/mol. The number of likely N-dealkylation sites (tertiary alicyclic amines) is 1. The van der Waals surface area contributed by atoms with Crippen molar-refractivity contribution < 1.29 is 22.7 Å². The predicted octanol–water partition coefficient (Wildman–Crippen LogP) is 0.966. The SMILES string of the molecule is O=C(CCNS(=O)(=O)c1ccccc1)N1CCC(C2OCCO2)CC1. The summed E-state index contributed by atoms with van der Waals surface area (Å²) in [6.07, 6.45) is 1.74. The number of amides is 1. The van der Waals surface area contributed by atoms with Gasteiger partial charge in [-0.3, -0.25) is 4.79 Å². The number of benzene rings is 1. The first-order valence-corrected chi connectivity index (χ1v) is 10.1. The highest BCUT2D eigenvalue weighted by Gasteiger charge is 2.31. The van der Waals surface area contributed by atoms with Crippen molar-refractivity contribution in [1.29, 1.82) is 0 Å². The minimum Gasteiger partial charge on any atom is -0.350 e. The van der Waals surface area contributed by atoms with Crippen molar-refractivity contribution in [3.8, 4) is 0 Å². The number of piperidine rings is 1. The van der Waals surface area contributed by atoms with Gasteiger partial charge in [-0.2, -0.15) is 0 Å².